The van der Waals surface area contributed by atoms with E-state index in [0.29, 0.717) is 30.5 Å². The number of nitrogens with zero attached hydrogens (tertiary/aromatic N) is 1. The Labute approximate surface area is 121 Å². The van der Waals surface area contributed by atoms with Gasteiger partial charge in [0.2, 0.25) is 0 Å². The molecule has 0 fully saturated rings. The van der Waals surface area contributed by atoms with Gasteiger partial charge in [0.15, 0.2) is 5.96 Å². The predicted molar refractivity (Wildman–Crippen MR) is 83.5 cm³/mol. The van der Waals surface area contributed by atoms with Gasteiger partial charge in [-0.05, 0) is 37.8 Å². The van der Waals surface area contributed by atoms with Gasteiger partial charge in [0.25, 0.3) is 0 Å². The molecule has 0 aliphatic carbocycles. The monoisotopic (exact) mass is 279 g/mol. The minimum Gasteiger partial charge on any atom is -0.357 e. The Bertz CT molecular complexity index is 429. The highest BCUT2D eigenvalue weighted by molar-refractivity contribution is 5.80. The molecule has 1 aromatic carbocycles. The van der Waals surface area contributed by atoms with Crippen molar-refractivity contribution in [2.45, 2.75) is 40.2 Å². The van der Waals surface area contributed by atoms with E-state index in [2.05, 4.69) is 36.4 Å². The first kappa shape index (κ1) is 16.5. The zero-order valence-corrected chi connectivity index (χ0v) is 12.9. The average Bonchev–Trinajstić information content (AvgIpc) is 2.41. The molecular weight excluding hydrogens is 253 g/mol. The standard InChI is InChI=1S/C16H26FN3/c1-5-18-16(20-13(4)12(2)3)19-11-10-14-8-6-7-9-15(14)17/h6-9,12-13H,5,10-11H2,1-4H3,(H2,18,19,20). The van der Waals surface area contributed by atoms with Crippen LogP contribution in [-0.4, -0.2) is 25.1 Å². The normalized spacial score (nSPS) is 13.4. The molecule has 1 unspecified atom stereocenters. The van der Waals surface area contributed by atoms with Gasteiger partial charge in [-0.3, -0.25) is 4.99 Å². The SMILES string of the molecule is CCNC(=NCCc1ccccc1F)NC(C)C(C)C. The number of halogens is 1. The van der Waals surface area contributed by atoms with Crippen LogP contribution in [0.25, 0.3) is 0 Å². The van der Waals surface area contributed by atoms with Crippen LogP contribution in [0.15, 0.2) is 29.3 Å². The van der Waals surface area contributed by atoms with Gasteiger partial charge in [0, 0.05) is 19.1 Å². The smallest absolute Gasteiger partial charge is 0.191 e. The van der Waals surface area contributed by atoms with E-state index in [4.69, 9.17) is 0 Å². The van der Waals surface area contributed by atoms with E-state index >= 15 is 0 Å². The molecule has 1 atom stereocenters. The fourth-order valence-corrected chi connectivity index (χ4v) is 1.69. The molecule has 0 heterocycles. The third-order valence-corrected chi connectivity index (χ3v) is 3.32. The van der Waals surface area contributed by atoms with E-state index in [1.807, 2.05) is 19.1 Å². The van der Waals surface area contributed by atoms with Crippen LogP contribution < -0.4 is 10.6 Å². The maximum Gasteiger partial charge on any atom is 0.191 e. The van der Waals surface area contributed by atoms with E-state index in [-0.39, 0.29) is 5.82 Å². The molecule has 0 aromatic heterocycles. The van der Waals surface area contributed by atoms with Gasteiger partial charge in [0.1, 0.15) is 5.82 Å². The Kier molecular flexibility index (Phi) is 7.05. The molecule has 0 spiro atoms. The zero-order valence-electron chi connectivity index (χ0n) is 12.9. The van der Waals surface area contributed by atoms with Gasteiger partial charge in [-0.15, -0.1) is 0 Å². The van der Waals surface area contributed by atoms with Crippen LogP contribution in [-0.2, 0) is 6.42 Å². The van der Waals surface area contributed by atoms with Crippen LogP contribution in [0, 0.1) is 11.7 Å². The minimum absolute atomic E-state index is 0.156. The average molecular weight is 279 g/mol. The van der Waals surface area contributed by atoms with Crippen LogP contribution in [0.1, 0.15) is 33.3 Å². The van der Waals surface area contributed by atoms with Crippen LogP contribution in [0.4, 0.5) is 4.39 Å². The Balaban J connectivity index is 2.57. The molecule has 0 saturated carbocycles. The van der Waals surface area contributed by atoms with Crippen molar-refractivity contribution in [3.05, 3.63) is 35.6 Å². The number of nitrogens with one attached hydrogen (secondary N) is 2. The molecule has 0 aliphatic rings. The van der Waals surface area contributed by atoms with Gasteiger partial charge in [-0.25, -0.2) is 4.39 Å². The van der Waals surface area contributed by atoms with Crippen LogP contribution >= 0.6 is 0 Å². The maximum atomic E-state index is 13.5. The number of hydrogen-bond donors (Lipinski definition) is 2. The second kappa shape index (κ2) is 8.56. The van der Waals surface area contributed by atoms with E-state index in [9.17, 15) is 4.39 Å². The van der Waals surface area contributed by atoms with Crippen molar-refractivity contribution < 1.29 is 4.39 Å². The third-order valence-electron chi connectivity index (χ3n) is 3.32. The van der Waals surface area contributed by atoms with Crippen molar-refractivity contribution in [3.63, 3.8) is 0 Å². The van der Waals surface area contributed by atoms with Crippen molar-refractivity contribution in [1.29, 1.82) is 0 Å². The van der Waals surface area contributed by atoms with Gasteiger partial charge < -0.3 is 10.6 Å². The molecule has 112 valence electrons. The van der Waals surface area contributed by atoms with Crippen LogP contribution in [0.2, 0.25) is 0 Å². The van der Waals surface area contributed by atoms with Crippen molar-refractivity contribution in [2.24, 2.45) is 10.9 Å². The molecule has 1 rings (SSSR count). The summed E-state index contributed by atoms with van der Waals surface area (Å²) in [6.07, 6.45) is 0.610. The fourth-order valence-electron chi connectivity index (χ4n) is 1.69. The van der Waals surface area contributed by atoms with Crippen LogP contribution in [0.5, 0.6) is 0 Å². The topological polar surface area (TPSA) is 36.4 Å². The first-order valence-corrected chi connectivity index (χ1v) is 7.32. The summed E-state index contributed by atoms with van der Waals surface area (Å²) in [4.78, 5) is 4.50. The lowest BCUT2D eigenvalue weighted by molar-refractivity contribution is 0.481. The lowest BCUT2D eigenvalue weighted by Crippen LogP contribution is -2.44. The molecule has 4 heteroatoms. The van der Waals surface area contributed by atoms with Crippen molar-refractivity contribution >= 4 is 5.96 Å². The Morgan fingerprint density at radius 3 is 2.55 bits per heavy atom. The molecule has 2 N–H and O–H groups in total. The fraction of sp³-hybridized carbons (Fsp3) is 0.562. The summed E-state index contributed by atoms with van der Waals surface area (Å²) in [6, 6.07) is 7.21. The van der Waals surface area contributed by atoms with Crippen molar-refractivity contribution in [3.8, 4) is 0 Å². The molecule has 0 amide bonds. The van der Waals surface area contributed by atoms with Crippen molar-refractivity contribution in [2.75, 3.05) is 13.1 Å². The van der Waals surface area contributed by atoms with E-state index in [1.54, 1.807) is 6.07 Å². The predicted octanol–water partition coefficient (Wildman–Crippen LogP) is 2.97. The highest BCUT2D eigenvalue weighted by atomic mass is 19.1. The minimum atomic E-state index is -0.156. The number of guanidine groups is 1. The molecule has 0 saturated heterocycles. The van der Waals surface area contributed by atoms with Gasteiger partial charge in [-0.2, -0.15) is 0 Å². The van der Waals surface area contributed by atoms with E-state index < -0.39 is 0 Å². The van der Waals surface area contributed by atoms with E-state index in [0.717, 1.165) is 12.5 Å². The Hall–Kier alpha value is -1.58. The summed E-state index contributed by atoms with van der Waals surface area (Å²) in [5.41, 5.74) is 0.712. The maximum absolute atomic E-state index is 13.5. The first-order valence-electron chi connectivity index (χ1n) is 7.32. The molecule has 0 radical (unpaired) electrons. The van der Waals surface area contributed by atoms with Crippen LogP contribution in [0.3, 0.4) is 0 Å². The first-order chi connectivity index (χ1) is 9.54. The summed E-state index contributed by atoms with van der Waals surface area (Å²) < 4.78 is 13.5. The summed E-state index contributed by atoms with van der Waals surface area (Å²) in [7, 11) is 0. The molecule has 0 aliphatic heterocycles. The zero-order chi connectivity index (χ0) is 15.0. The Morgan fingerprint density at radius 2 is 1.95 bits per heavy atom. The summed E-state index contributed by atoms with van der Waals surface area (Å²) >= 11 is 0. The molecule has 0 bridgehead atoms. The highest BCUT2D eigenvalue weighted by Gasteiger charge is 2.08. The molecular formula is C16H26FN3. The summed E-state index contributed by atoms with van der Waals surface area (Å²) in [5, 5.41) is 6.58. The quantitative estimate of drug-likeness (QED) is 0.620. The van der Waals surface area contributed by atoms with Gasteiger partial charge in [0.05, 0.1) is 0 Å². The van der Waals surface area contributed by atoms with Gasteiger partial charge in [-0.1, -0.05) is 32.0 Å². The molecule has 1 aromatic rings. The third kappa shape index (κ3) is 5.59. The lowest BCUT2D eigenvalue weighted by Gasteiger charge is -2.20. The number of rotatable bonds is 6. The highest BCUT2D eigenvalue weighted by Crippen LogP contribution is 2.07. The molecule has 20 heavy (non-hydrogen) atoms. The second-order valence-corrected chi connectivity index (χ2v) is 5.28. The summed E-state index contributed by atoms with van der Waals surface area (Å²) in [5.74, 6) is 1.17. The molecule has 3 nitrogen and oxygen atoms in total. The van der Waals surface area contributed by atoms with E-state index in [1.165, 1.54) is 6.07 Å². The largest absolute Gasteiger partial charge is 0.357 e. The van der Waals surface area contributed by atoms with Gasteiger partial charge >= 0.3 is 0 Å². The number of aliphatic imine (C=N–C) groups is 1. The number of benzene rings is 1. The second-order valence-electron chi connectivity index (χ2n) is 5.28. The van der Waals surface area contributed by atoms with Crippen molar-refractivity contribution in [1.82, 2.24) is 10.6 Å². The summed E-state index contributed by atoms with van der Waals surface area (Å²) in [6.45, 7) is 9.89. The number of hydrogen-bond acceptors (Lipinski definition) is 1. The Morgan fingerprint density at radius 1 is 1.25 bits per heavy atom. The lowest BCUT2D eigenvalue weighted by atomic mass is 10.1.